The fourth-order valence-electron chi connectivity index (χ4n) is 2.72. The van der Waals surface area contributed by atoms with Gasteiger partial charge in [0, 0.05) is 11.1 Å². The molecule has 0 aromatic heterocycles. The first kappa shape index (κ1) is 21.9. The van der Waals surface area contributed by atoms with Crippen molar-refractivity contribution in [1.29, 1.82) is 0 Å². The van der Waals surface area contributed by atoms with Crippen molar-refractivity contribution in [2.75, 3.05) is 5.32 Å². The molecule has 1 amide bonds. The lowest BCUT2D eigenvalue weighted by atomic mass is 10.1. The van der Waals surface area contributed by atoms with Crippen LogP contribution in [0.1, 0.15) is 5.56 Å². The highest BCUT2D eigenvalue weighted by Gasteiger charge is 2.27. The van der Waals surface area contributed by atoms with E-state index in [4.69, 9.17) is 11.6 Å². The smallest absolute Gasteiger partial charge is 0.242 e. The van der Waals surface area contributed by atoms with E-state index in [9.17, 15) is 22.0 Å². The summed E-state index contributed by atoms with van der Waals surface area (Å²) in [5.74, 6) is -2.42. The largest absolute Gasteiger partial charge is 0.322 e. The van der Waals surface area contributed by atoms with Crippen molar-refractivity contribution in [3.05, 3.63) is 95.0 Å². The molecule has 2 N–H and O–H groups in total. The van der Waals surface area contributed by atoms with Gasteiger partial charge in [-0.3, -0.25) is 4.79 Å². The zero-order chi connectivity index (χ0) is 21.7. The molecule has 0 unspecified atom stereocenters. The van der Waals surface area contributed by atoms with Crippen LogP contribution in [0.2, 0.25) is 5.02 Å². The molecule has 0 spiro atoms. The van der Waals surface area contributed by atoms with E-state index in [1.54, 1.807) is 30.3 Å². The predicted molar refractivity (Wildman–Crippen MR) is 111 cm³/mol. The van der Waals surface area contributed by atoms with E-state index in [-0.39, 0.29) is 17.0 Å². The van der Waals surface area contributed by atoms with Crippen LogP contribution in [0, 0.1) is 11.6 Å². The van der Waals surface area contributed by atoms with Crippen molar-refractivity contribution in [3.63, 3.8) is 0 Å². The average molecular weight is 451 g/mol. The maximum atomic E-state index is 13.9. The van der Waals surface area contributed by atoms with E-state index in [1.165, 1.54) is 24.3 Å². The molecule has 0 saturated carbocycles. The first-order valence-corrected chi connectivity index (χ1v) is 10.7. The van der Waals surface area contributed by atoms with Gasteiger partial charge in [0.25, 0.3) is 0 Å². The van der Waals surface area contributed by atoms with Gasteiger partial charge in [0.15, 0.2) is 0 Å². The molecule has 1 atom stereocenters. The molecule has 3 aromatic rings. The number of carbonyl (C=O) groups excluding carboxylic acids is 1. The standard InChI is InChI=1S/C21H17ClF2N2O3S/c22-15-6-9-17(10-7-15)30(28,29)26-20(12-14-4-2-1-3-5-14)21(27)25-19-13-16(23)8-11-18(19)24/h1-11,13,20,26H,12H2,(H,25,27)/t20-/m0/s1. The summed E-state index contributed by atoms with van der Waals surface area (Å²) in [5.41, 5.74) is 0.292. The molecule has 30 heavy (non-hydrogen) atoms. The van der Waals surface area contributed by atoms with E-state index >= 15 is 0 Å². The van der Waals surface area contributed by atoms with Crippen LogP contribution in [0.4, 0.5) is 14.5 Å². The van der Waals surface area contributed by atoms with Gasteiger partial charge in [-0.05, 0) is 48.4 Å². The number of nitrogens with one attached hydrogen (secondary N) is 2. The highest BCUT2D eigenvalue weighted by atomic mass is 35.5. The number of anilines is 1. The number of sulfonamides is 1. The molecule has 0 saturated heterocycles. The maximum absolute atomic E-state index is 13.9. The van der Waals surface area contributed by atoms with E-state index in [1.807, 2.05) is 0 Å². The van der Waals surface area contributed by atoms with Gasteiger partial charge in [0.2, 0.25) is 15.9 Å². The molecule has 0 heterocycles. The van der Waals surface area contributed by atoms with Crippen LogP contribution < -0.4 is 10.0 Å². The zero-order valence-electron chi connectivity index (χ0n) is 15.5. The van der Waals surface area contributed by atoms with Crippen LogP contribution in [-0.4, -0.2) is 20.4 Å². The molecule has 3 aromatic carbocycles. The van der Waals surface area contributed by atoms with Crippen LogP contribution in [0.3, 0.4) is 0 Å². The highest BCUT2D eigenvalue weighted by Crippen LogP contribution is 2.18. The molecule has 0 bridgehead atoms. The minimum absolute atomic E-state index is 0.00354. The molecule has 9 heteroatoms. The molecule has 0 fully saturated rings. The topological polar surface area (TPSA) is 75.3 Å². The third kappa shape index (κ3) is 5.63. The van der Waals surface area contributed by atoms with E-state index < -0.39 is 33.6 Å². The Bertz CT molecular complexity index is 1140. The molecule has 0 aliphatic rings. The maximum Gasteiger partial charge on any atom is 0.242 e. The van der Waals surface area contributed by atoms with Crippen molar-refractivity contribution >= 4 is 33.2 Å². The SMILES string of the molecule is O=C(Nc1cc(F)ccc1F)[C@H](Cc1ccccc1)NS(=O)(=O)c1ccc(Cl)cc1. The quantitative estimate of drug-likeness (QED) is 0.568. The lowest BCUT2D eigenvalue weighted by Crippen LogP contribution is -2.45. The molecule has 0 radical (unpaired) electrons. The summed E-state index contributed by atoms with van der Waals surface area (Å²) in [4.78, 5) is 12.7. The summed E-state index contributed by atoms with van der Waals surface area (Å²) in [6.45, 7) is 0. The van der Waals surface area contributed by atoms with E-state index in [2.05, 4.69) is 10.0 Å². The van der Waals surface area contributed by atoms with E-state index in [0.29, 0.717) is 10.6 Å². The van der Waals surface area contributed by atoms with Gasteiger partial charge in [-0.1, -0.05) is 41.9 Å². The van der Waals surface area contributed by atoms with Gasteiger partial charge in [0.05, 0.1) is 10.6 Å². The normalized spacial score (nSPS) is 12.4. The van der Waals surface area contributed by atoms with Gasteiger partial charge in [-0.2, -0.15) is 4.72 Å². The summed E-state index contributed by atoms with van der Waals surface area (Å²) in [5, 5.41) is 2.61. The number of amides is 1. The predicted octanol–water partition coefficient (Wildman–Crippen LogP) is 4.15. The minimum Gasteiger partial charge on any atom is -0.322 e. The Hall–Kier alpha value is -2.81. The molecular weight excluding hydrogens is 434 g/mol. The van der Waals surface area contributed by atoms with Crippen LogP contribution in [-0.2, 0) is 21.2 Å². The van der Waals surface area contributed by atoms with Crippen LogP contribution in [0.25, 0.3) is 0 Å². The van der Waals surface area contributed by atoms with Crippen LogP contribution in [0.15, 0.2) is 77.7 Å². The van der Waals surface area contributed by atoms with Crippen molar-refractivity contribution in [2.24, 2.45) is 0 Å². The molecule has 3 rings (SSSR count). The van der Waals surface area contributed by atoms with Gasteiger partial charge in [0.1, 0.15) is 17.7 Å². The first-order chi connectivity index (χ1) is 14.2. The molecule has 0 aliphatic heterocycles. The number of hydrogen-bond donors (Lipinski definition) is 2. The number of halogens is 3. The second kappa shape index (κ2) is 9.34. The van der Waals surface area contributed by atoms with Gasteiger partial charge >= 0.3 is 0 Å². The van der Waals surface area contributed by atoms with Crippen LogP contribution >= 0.6 is 11.6 Å². The molecule has 5 nitrogen and oxygen atoms in total. The third-order valence-electron chi connectivity index (χ3n) is 4.21. The van der Waals surface area contributed by atoms with Crippen molar-refractivity contribution < 1.29 is 22.0 Å². The van der Waals surface area contributed by atoms with Crippen LogP contribution in [0.5, 0.6) is 0 Å². The summed E-state index contributed by atoms with van der Waals surface area (Å²) < 4.78 is 55.2. The number of rotatable bonds is 7. The lowest BCUT2D eigenvalue weighted by molar-refractivity contribution is -0.117. The van der Waals surface area contributed by atoms with Gasteiger partial charge in [-0.15, -0.1) is 0 Å². The molecule has 0 aliphatic carbocycles. The van der Waals surface area contributed by atoms with Crippen molar-refractivity contribution in [1.82, 2.24) is 4.72 Å². The monoisotopic (exact) mass is 450 g/mol. The lowest BCUT2D eigenvalue weighted by Gasteiger charge is -2.19. The summed E-state index contributed by atoms with van der Waals surface area (Å²) in [6, 6.07) is 15.4. The number of carbonyl (C=O) groups is 1. The Labute approximate surface area is 177 Å². The number of benzene rings is 3. The summed E-state index contributed by atoms with van der Waals surface area (Å²) in [7, 11) is -4.09. The fraction of sp³-hybridized carbons (Fsp3) is 0.0952. The second-order valence-electron chi connectivity index (χ2n) is 6.43. The highest BCUT2D eigenvalue weighted by molar-refractivity contribution is 7.89. The number of hydrogen-bond acceptors (Lipinski definition) is 3. The Balaban J connectivity index is 1.88. The molecule has 156 valence electrons. The third-order valence-corrected chi connectivity index (χ3v) is 5.95. The van der Waals surface area contributed by atoms with Crippen molar-refractivity contribution in [3.8, 4) is 0 Å². The minimum atomic E-state index is -4.09. The van der Waals surface area contributed by atoms with Gasteiger partial charge < -0.3 is 5.32 Å². The zero-order valence-corrected chi connectivity index (χ0v) is 17.1. The first-order valence-electron chi connectivity index (χ1n) is 8.82. The van der Waals surface area contributed by atoms with E-state index in [0.717, 1.165) is 18.2 Å². The Kier molecular flexibility index (Phi) is 6.81. The van der Waals surface area contributed by atoms with Gasteiger partial charge in [-0.25, -0.2) is 17.2 Å². The van der Waals surface area contributed by atoms with Crippen molar-refractivity contribution in [2.45, 2.75) is 17.4 Å². The average Bonchev–Trinajstić information content (AvgIpc) is 2.71. The second-order valence-corrected chi connectivity index (χ2v) is 8.58. The summed E-state index contributed by atoms with van der Waals surface area (Å²) in [6.07, 6.45) is -0.00354. The fourth-order valence-corrected chi connectivity index (χ4v) is 4.04. The molecular formula is C21H17ClF2N2O3S. The summed E-state index contributed by atoms with van der Waals surface area (Å²) >= 11 is 5.80. The Morgan fingerprint density at radius 3 is 2.30 bits per heavy atom. The Morgan fingerprint density at radius 2 is 1.63 bits per heavy atom. The Morgan fingerprint density at radius 1 is 0.967 bits per heavy atom.